The Balaban J connectivity index is 1.17. The second-order valence-electron chi connectivity index (χ2n) is 15.3. The summed E-state index contributed by atoms with van der Waals surface area (Å²) in [7, 11) is 0. The third-order valence-electron chi connectivity index (χ3n) is 12.2. The van der Waals surface area contributed by atoms with Gasteiger partial charge in [0.2, 0.25) is 11.7 Å². The van der Waals surface area contributed by atoms with Gasteiger partial charge in [0.25, 0.3) is 5.09 Å². The fourth-order valence-corrected chi connectivity index (χ4v) is 10.0. The van der Waals surface area contributed by atoms with Crippen molar-refractivity contribution in [3.8, 4) is 5.75 Å². The van der Waals surface area contributed by atoms with Gasteiger partial charge in [-0.05, 0) is 86.1 Å². The molecule has 5 rings (SSSR count). The van der Waals surface area contributed by atoms with Crippen LogP contribution in [0.3, 0.4) is 0 Å². The molecule has 1 aromatic rings. The van der Waals surface area contributed by atoms with Gasteiger partial charge < -0.3 is 34.6 Å². The number of nitrogens with zero attached hydrogens (tertiary/aromatic N) is 1. The Morgan fingerprint density at radius 2 is 1.78 bits per heavy atom. The molecule has 4 aliphatic carbocycles. The van der Waals surface area contributed by atoms with Crippen LogP contribution >= 0.6 is 11.6 Å². The van der Waals surface area contributed by atoms with Crippen LogP contribution in [0.2, 0.25) is 0 Å². The van der Waals surface area contributed by atoms with Gasteiger partial charge in [0.05, 0.1) is 24.2 Å². The molecule has 0 saturated heterocycles. The van der Waals surface area contributed by atoms with Crippen LogP contribution in [0, 0.1) is 38.7 Å². The average Bonchev–Trinajstić information content (AvgIpc) is 3.31. The van der Waals surface area contributed by atoms with E-state index < -0.39 is 74.9 Å². The van der Waals surface area contributed by atoms with Crippen molar-refractivity contribution >= 4 is 41.2 Å². The van der Waals surface area contributed by atoms with Crippen LogP contribution in [0.25, 0.3) is 0 Å². The number of esters is 1. The molecule has 0 radical (unpaired) electrons. The third-order valence-corrected chi connectivity index (χ3v) is 13.1. The van der Waals surface area contributed by atoms with Crippen LogP contribution in [-0.2, 0) is 39.9 Å². The minimum atomic E-state index is -1.94. The number of hydrogen-bond donors (Lipinski definition) is 3. The molecule has 294 valence electrons. The van der Waals surface area contributed by atoms with Gasteiger partial charge in [0.1, 0.15) is 17.4 Å². The molecular weight excluding hydrogens is 728 g/mol. The van der Waals surface area contributed by atoms with E-state index in [0.29, 0.717) is 37.7 Å². The maximum atomic E-state index is 13.8. The molecule has 16 heteroatoms. The first-order chi connectivity index (χ1) is 25.4. The van der Waals surface area contributed by atoms with E-state index in [4.69, 9.17) is 25.8 Å². The standard InChI is InChI=1S/C38H47ClN2O13/c1-22-17-29-28-12-9-25-19-26(43)13-14-35(25,3)37(28,39)31(44)20-36(29,4)38(22,48)32(45)21-52-34(47)54-27-10-7-24(8-11-27)18-30(40-23(2)42)33(46)51-15-5-6-16-53-41(49)50/h7-8,10-11,13-14,19,22,28-31,44,48H,5-6,9,12,15-18,20-21H2,1-4H3,(H,40,42)/t22-,28?,29?,30?,31-,35-,36-,37-,38-/m0/s1. The van der Waals surface area contributed by atoms with Crippen molar-refractivity contribution in [1.29, 1.82) is 0 Å². The largest absolute Gasteiger partial charge is 0.514 e. The van der Waals surface area contributed by atoms with Crippen LogP contribution in [-0.4, -0.2) is 87.3 Å². The normalized spacial score (nSPS) is 32.9. The van der Waals surface area contributed by atoms with Crippen LogP contribution in [0.5, 0.6) is 5.75 Å². The Hall–Kier alpha value is -4.34. The number of amides is 1. The number of alkyl halides is 1. The maximum Gasteiger partial charge on any atom is 0.514 e. The SMILES string of the molecule is CC(=O)NC(Cc1ccc(OC(=O)OCC(=O)[C@@]2(O)[C@@H](C)CC3C4CCC5=CC(=O)C=C[C@]5(C)[C@@]4(Cl)[C@@H](O)C[C@@]32C)cc1)C(=O)OCCCCO[N+](=O)[O-]. The summed E-state index contributed by atoms with van der Waals surface area (Å²) in [5.41, 5.74) is -2.36. The van der Waals surface area contributed by atoms with Crippen LogP contribution < -0.4 is 10.1 Å². The zero-order valence-corrected chi connectivity index (χ0v) is 31.5. The summed E-state index contributed by atoms with van der Waals surface area (Å²) < 4.78 is 15.7. The molecule has 3 fully saturated rings. The van der Waals surface area contributed by atoms with Crippen molar-refractivity contribution in [2.45, 2.75) is 95.3 Å². The molecule has 4 aliphatic rings. The minimum Gasteiger partial charge on any atom is -0.464 e. The lowest BCUT2D eigenvalue weighted by atomic mass is 9.45. The lowest BCUT2D eigenvalue weighted by Crippen LogP contribution is -2.69. The van der Waals surface area contributed by atoms with Crippen LogP contribution in [0.15, 0.2) is 48.1 Å². The van der Waals surface area contributed by atoms with Crippen molar-refractivity contribution in [1.82, 2.24) is 5.32 Å². The van der Waals surface area contributed by atoms with E-state index in [2.05, 4.69) is 10.2 Å². The number of nitrogens with one attached hydrogen (secondary N) is 1. The molecular formula is C38H47ClN2O13. The number of Topliss-reactive ketones (excluding diaryl/α,β-unsaturated/α-hetero) is 1. The first kappa shape index (κ1) is 40.8. The van der Waals surface area contributed by atoms with E-state index in [1.54, 1.807) is 38.1 Å². The van der Waals surface area contributed by atoms with Gasteiger partial charge in [-0.25, -0.2) is 9.59 Å². The Morgan fingerprint density at radius 1 is 1.09 bits per heavy atom. The predicted octanol–water partition coefficient (Wildman–Crippen LogP) is 3.97. The lowest BCUT2D eigenvalue weighted by Gasteiger charge is -2.63. The molecule has 0 aromatic heterocycles. The Labute approximate surface area is 317 Å². The van der Waals surface area contributed by atoms with Crippen molar-refractivity contribution in [2.24, 2.45) is 28.6 Å². The number of unbranched alkanes of at least 4 members (excludes halogenated alkanes) is 1. The monoisotopic (exact) mass is 774 g/mol. The number of benzene rings is 1. The average molecular weight is 775 g/mol. The van der Waals surface area contributed by atoms with Gasteiger partial charge in [0.15, 0.2) is 12.4 Å². The number of halogens is 1. The van der Waals surface area contributed by atoms with Crippen LogP contribution in [0.1, 0.15) is 71.8 Å². The van der Waals surface area contributed by atoms with Crippen molar-refractivity contribution in [3.05, 3.63) is 63.7 Å². The lowest BCUT2D eigenvalue weighted by molar-refractivity contribution is -0.757. The molecule has 1 amide bonds. The van der Waals surface area contributed by atoms with Gasteiger partial charge in [0, 0.05) is 24.2 Å². The van der Waals surface area contributed by atoms with E-state index in [1.807, 2.05) is 6.92 Å². The summed E-state index contributed by atoms with van der Waals surface area (Å²) in [4.78, 5) is 76.4. The van der Waals surface area contributed by atoms with Gasteiger partial charge in [-0.3, -0.25) is 14.4 Å². The van der Waals surface area contributed by atoms with Gasteiger partial charge in [-0.1, -0.05) is 44.6 Å². The number of aliphatic hydroxyl groups is 2. The summed E-state index contributed by atoms with van der Waals surface area (Å²) in [6.07, 6.45) is 4.86. The van der Waals surface area contributed by atoms with Crippen molar-refractivity contribution in [2.75, 3.05) is 19.8 Å². The number of rotatable bonds is 14. The highest BCUT2D eigenvalue weighted by molar-refractivity contribution is 6.26. The maximum absolute atomic E-state index is 13.8. The van der Waals surface area contributed by atoms with Crippen molar-refractivity contribution < 1.29 is 58.3 Å². The molecule has 3 N–H and O–H groups in total. The number of ether oxygens (including phenoxy) is 3. The van der Waals surface area contributed by atoms with E-state index >= 15 is 0 Å². The topological polar surface area (TPSA) is 218 Å². The first-order valence-electron chi connectivity index (χ1n) is 18.1. The summed E-state index contributed by atoms with van der Waals surface area (Å²) in [5.74, 6) is -2.99. The number of fused-ring (bicyclic) bond motifs is 5. The molecule has 54 heavy (non-hydrogen) atoms. The summed E-state index contributed by atoms with van der Waals surface area (Å²) in [6, 6.07) is 4.97. The van der Waals surface area contributed by atoms with E-state index in [1.165, 1.54) is 25.1 Å². The van der Waals surface area contributed by atoms with Gasteiger partial charge in [-0.15, -0.1) is 21.7 Å². The summed E-state index contributed by atoms with van der Waals surface area (Å²) >= 11 is 7.46. The zero-order valence-electron chi connectivity index (χ0n) is 30.7. The number of ketones is 2. The Kier molecular flexibility index (Phi) is 11.9. The smallest absolute Gasteiger partial charge is 0.464 e. The zero-order chi connectivity index (χ0) is 39.6. The first-order valence-corrected chi connectivity index (χ1v) is 18.5. The highest BCUT2D eigenvalue weighted by Crippen LogP contribution is 2.71. The third kappa shape index (κ3) is 7.50. The molecule has 1 aromatic carbocycles. The quantitative estimate of drug-likeness (QED) is 0.0610. The molecule has 0 aliphatic heterocycles. The second-order valence-corrected chi connectivity index (χ2v) is 15.9. The predicted molar refractivity (Wildman–Crippen MR) is 190 cm³/mol. The molecule has 3 unspecified atom stereocenters. The molecule has 3 saturated carbocycles. The number of aliphatic hydroxyl groups excluding tert-OH is 1. The second kappa shape index (κ2) is 15.8. The Bertz CT molecular complexity index is 1730. The summed E-state index contributed by atoms with van der Waals surface area (Å²) in [6.45, 7) is 5.81. The van der Waals surface area contributed by atoms with Gasteiger partial charge in [-0.2, -0.15) is 0 Å². The molecule has 15 nitrogen and oxygen atoms in total. The highest BCUT2D eigenvalue weighted by Gasteiger charge is 2.74. The van der Waals surface area contributed by atoms with Crippen molar-refractivity contribution in [3.63, 3.8) is 0 Å². The minimum absolute atomic E-state index is 0.0215. The highest BCUT2D eigenvalue weighted by atomic mass is 35.5. The fourth-order valence-electron chi connectivity index (χ4n) is 9.49. The number of carbonyl (C=O) groups is 5. The number of carbonyl (C=O) groups excluding carboxylic acids is 5. The molecule has 0 bridgehead atoms. The number of allylic oxidation sites excluding steroid dienone is 4. The van der Waals surface area contributed by atoms with E-state index in [0.717, 1.165) is 5.57 Å². The fraction of sp³-hybridized carbons (Fsp3) is 0.605. The molecule has 0 heterocycles. The summed E-state index contributed by atoms with van der Waals surface area (Å²) in [5, 5.41) is 35.8. The van der Waals surface area contributed by atoms with E-state index in [9.17, 15) is 44.3 Å². The van der Waals surface area contributed by atoms with E-state index in [-0.39, 0.29) is 49.4 Å². The number of hydrogen-bond acceptors (Lipinski definition) is 13. The molecule has 9 atom stereocenters. The Morgan fingerprint density at radius 3 is 2.44 bits per heavy atom. The molecule has 0 spiro atoms. The van der Waals surface area contributed by atoms with Crippen LogP contribution in [0.4, 0.5) is 4.79 Å². The van der Waals surface area contributed by atoms with Gasteiger partial charge >= 0.3 is 12.1 Å².